The molecule has 1 atom stereocenters. The van der Waals surface area contributed by atoms with Crippen molar-refractivity contribution in [3.8, 4) is 0 Å². The van der Waals surface area contributed by atoms with E-state index >= 15 is 0 Å². The van der Waals surface area contributed by atoms with Crippen molar-refractivity contribution in [2.45, 2.75) is 77.7 Å². The monoisotopic (exact) mass is 411 g/mol. The number of amides is 1. The van der Waals surface area contributed by atoms with Gasteiger partial charge in [0.15, 0.2) is 0 Å². The average molecular weight is 411 g/mol. The van der Waals surface area contributed by atoms with Crippen LogP contribution in [0.5, 0.6) is 0 Å². The van der Waals surface area contributed by atoms with Crippen molar-refractivity contribution in [3.05, 3.63) is 17.0 Å². The van der Waals surface area contributed by atoms with Crippen LogP contribution in [0.15, 0.2) is 12.1 Å². The predicted molar refractivity (Wildman–Crippen MR) is 109 cm³/mol. The van der Waals surface area contributed by atoms with E-state index in [4.69, 9.17) is 18.8 Å². The number of thiophene rings is 1. The first-order chi connectivity index (χ1) is 12.7. The number of methoxy groups -OCH3 is 1. The molecule has 1 saturated heterocycles. The second kappa shape index (κ2) is 8.04. The third-order valence-corrected chi connectivity index (χ3v) is 5.88. The van der Waals surface area contributed by atoms with Crippen LogP contribution in [0.25, 0.3) is 0 Å². The smallest absolute Gasteiger partial charge is 0.467 e. The Balaban J connectivity index is 2.08. The molecule has 156 valence electrons. The molecule has 0 spiro atoms. The standard InChI is InChI=1S/C19H30BNO6S/c1-17(2,3)25-16(23)21-13(15(22)24-8)11-12-9-10-14(28-12)20-26-18(4,5)19(6,7)27-20/h9-10,13H,11H2,1-8H3,(H,21,23). The van der Waals surface area contributed by atoms with Gasteiger partial charge in [-0.2, -0.15) is 0 Å². The SMILES string of the molecule is COC(=O)C(Cc1ccc(B2OC(C)(C)C(C)(C)O2)s1)NC(=O)OC(C)(C)C. The highest BCUT2D eigenvalue weighted by molar-refractivity contribution is 7.22. The van der Waals surface area contributed by atoms with Crippen LogP contribution in [0.1, 0.15) is 53.3 Å². The molecule has 1 fully saturated rings. The van der Waals surface area contributed by atoms with Crippen molar-refractivity contribution in [3.63, 3.8) is 0 Å². The van der Waals surface area contributed by atoms with Crippen molar-refractivity contribution in [1.29, 1.82) is 0 Å². The van der Waals surface area contributed by atoms with Crippen LogP contribution in [-0.2, 0) is 30.0 Å². The molecule has 1 N–H and O–H groups in total. The molecule has 0 aliphatic carbocycles. The molecule has 28 heavy (non-hydrogen) atoms. The number of rotatable bonds is 5. The molecule has 9 heteroatoms. The van der Waals surface area contributed by atoms with Gasteiger partial charge in [0.1, 0.15) is 11.6 Å². The summed E-state index contributed by atoms with van der Waals surface area (Å²) < 4.78 is 23.1. The minimum Gasteiger partial charge on any atom is -0.467 e. The summed E-state index contributed by atoms with van der Waals surface area (Å²) in [5.41, 5.74) is -1.50. The third kappa shape index (κ3) is 5.49. The van der Waals surface area contributed by atoms with Crippen molar-refractivity contribution in [1.82, 2.24) is 5.32 Å². The Kier molecular flexibility index (Phi) is 6.52. The molecule has 0 bridgehead atoms. The summed E-state index contributed by atoms with van der Waals surface area (Å²) in [7, 11) is 0.829. The van der Waals surface area contributed by atoms with E-state index in [0.29, 0.717) is 0 Å². The summed E-state index contributed by atoms with van der Waals surface area (Å²) in [4.78, 5) is 25.1. The third-order valence-electron chi connectivity index (χ3n) is 4.75. The maximum atomic E-state index is 12.1. The summed E-state index contributed by atoms with van der Waals surface area (Å²) >= 11 is 1.48. The van der Waals surface area contributed by atoms with Gasteiger partial charge < -0.3 is 24.1 Å². The zero-order chi connectivity index (χ0) is 21.3. The Morgan fingerprint density at radius 1 is 1.18 bits per heavy atom. The Morgan fingerprint density at radius 3 is 2.25 bits per heavy atom. The molecular weight excluding hydrogens is 381 g/mol. The second-order valence-electron chi connectivity index (χ2n) is 8.82. The molecule has 0 aromatic carbocycles. The minimum atomic E-state index is -0.843. The summed E-state index contributed by atoms with van der Waals surface area (Å²) in [6.07, 6.45) is -0.374. The molecule has 1 aliphatic heterocycles. The summed E-state index contributed by atoms with van der Waals surface area (Å²) in [6, 6.07) is 2.98. The van der Waals surface area contributed by atoms with E-state index in [0.717, 1.165) is 9.65 Å². The van der Waals surface area contributed by atoms with Crippen LogP contribution in [-0.4, -0.2) is 49.1 Å². The maximum absolute atomic E-state index is 12.1. The average Bonchev–Trinajstić information content (AvgIpc) is 3.06. The Hall–Kier alpha value is -1.58. The van der Waals surface area contributed by atoms with Crippen LogP contribution in [0.2, 0.25) is 0 Å². The summed E-state index contributed by atoms with van der Waals surface area (Å²) in [5, 5.41) is 2.59. The van der Waals surface area contributed by atoms with Crippen molar-refractivity contribution < 1.29 is 28.4 Å². The number of hydrogen-bond donors (Lipinski definition) is 1. The lowest BCUT2D eigenvalue weighted by atomic mass is 9.88. The van der Waals surface area contributed by atoms with Crippen LogP contribution in [0.4, 0.5) is 4.79 Å². The number of ether oxygens (including phenoxy) is 2. The van der Waals surface area contributed by atoms with Crippen LogP contribution >= 0.6 is 11.3 Å². The second-order valence-corrected chi connectivity index (χ2v) is 10.0. The lowest BCUT2D eigenvalue weighted by Crippen LogP contribution is -2.45. The maximum Gasteiger partial charge on any atom is 0.505 e. The molecule has 0 saturated carbocycles. The fourth-order valence-electron chi connectivity index (χ4n) is 2.58. The number of alkyl carbamates (subject to hydrolysis) is 1. The fourth-order valence-corrected chi connectivity index (χ4v) is 3.59. The number of hydrogen-bond acceptors (Lipinski definition) is 7. The van der Waals surface area contributed by atoms with Gasteiger partial charge in [0.2, 0.25) is 0 Å². The fraction of sp³-hybridized carbons (Fsp3) is 0.684. The Bertz CT molecular complexity index is 708. The highest BCUT2D eigenvalue weighted by Gasteiger charge is 2.52. The highest BCUT2D eigenvalue weighted by atomic mass is 32.1. The molecule has 1 unspecified atom stereocenters. The molecule has 1 aromatic rings. The van der Waals surface area contributed by atoms with Gasteiger partial charge in [-0.1, -0.05) is 6.07 Å². The lowest BCUT2D eigenvalue weighted by molar-refractivity contribution is -0.143. The van der Waals surface area contributed by atoms with E-state index < -0.39 is 42.0 Å². The van der Waals surface area contributed by atoms with E-state index in [9.17, 15) is 9.59 Å². The normalized spacial score (nSPS) is 19.2. The predicted octanol–water partition coefficient (Wildman–Crippen LogP) is 2.66. The Morgan fingerprint density at radius 2 is 1.75 bits per heavy atom. The quantitative estimate of drug-likeness (QED) is 0.593. The van der Waals surface area contributed by atoms with E-state index in [-0.39, 0.29) is 6.42 Å². The molecule has 2 rings (SSSR count). The molecule has 1 amide bonds. The molecule has 1 aromatic heterocycles. The zero-order valence-electron chi connectivity index (χ0n) is 17.9. The van der Waals surface area contributed by atoms with Gasteiger partial charge >= 0.3 is 19.2 Å². The first kappa shape index (κ1) is 22.7. The number of esters is 1. The van der Waals surface area contributed by atoms with Crippen LogP contribution in [0.3, 0.4) is 0 Å². The highest BCUT2D eigenvalue weighted by Crippen LogP contribution is 2.37. The van der Waals surface area contributed by atoms with Crippen molar-refractivity contribution >= 4 is 35.3 Å². The van der Waals surface area contributed by atoms with E-state index in [2.05, 4.69) is 5.32 Å². The lowest BCUT2D eigenvalue weighted by Gasteiger charge is -2.32. The largest absolute Gasteiger partial charge is 0.505 e. The first-order valence-corrected chi connectivity index (χ1v) is 10.1. The molecule has 1 aliphatic rings. The van der Waals surface area contributed by atoms with Crippen LogP contribution < -0.4 is 10.1 Å². The van der Waals surface area contributed by atoms with Gasteiger partial charge in [-0.05, 0) is 54.5 Å². The Labute approximate surface area is 171 Å². The van der Waals surface area contributed by atoms with Gasteiger partial charge in [0.05, 0.1) is 18.3 Å². The summed E-state index contributed by atoms with van der Waals surface area (Å²) in [5.74, 6) is -0.531. The van der Waals surface area contributed by atoms with Gasteiger partial charge in [0.25, 0.3) is 0 Å². The van der Waals surface area contributed by atoms with E-state index in [1.54, 1.807) is 20.8 Å². The number of carbonyl (C=O) groups is 2. The van der Waals surface area contributed by atoms with Crippen molar-refractivity contribution in [2.24, 2.45) is 0 Å². The van der Waals surface area contributed by atoms with E-state index in [1.807, 2.05) is 39.8 Å². The molecular formula is C19H30BNO6S. The zero-order valence-corrected chi connectivity index (χ0v) is 18.7. The van der Waals surface area contributed by atoms with Gasteiger partial charge in [0, 0.05) is 16.1 Å². The number of carbonyl (C=O) groups excluding carboxylic acids is 2. The molecule has 7 nitrogen and oxygen atoms in total. The topological polar surface area (TPSA) is 83.1 Å². The van der Waals surface area contributed by atoms with Gasteiger partial charge in [-0.25, -0.2) is 9.59 Å². The van der Waals surface area contributed by atoms with E-state index in [1.165, 1.54) is 18.4 Å². The molecule has 0 radical (unpaired) electrons. The summed E-state index contributed by atoms with van der Waals surface area (Å²) in [6.45, 7) is 13.3. The van der Waals surface area contributed by atoms with Crippen LogP contribution in [0, 0.1) is 0 Å². The van der Waals surface area contributed by atoms with Gasteiger partial charge in [-0.15, -0.1) is 11.3 Å². The molecule has 2 heterocycles. The number of nitrogens with one attached hydrogen (secondary N) is 1. The minimum absolute atomic E-state index is 0.288. The van der Waals surface area contributed by atoms with Gasteiger partial charge in [-0.3, -0.25) is 0 Å². The van der Waals surface area contributed by atoms with Crippen molar-refractivity contribution in [2.75, 3.05) is 7.11 Å². The first-order valence-electron chi connectivity index (χ1n) is 9.26.